The summed E-state index contributed by atoms with van der Waals surface area (Å²) in [6.07, 6.45) is 4.18. The minimum absolute atomic E-state index is 0.153. The number of amides is 1. The smallest absolute Gasteiger partial charge is 0.223 e. The summed E-state index contributed by atoms with van der Waals surface area (Å²) in [6.45, 7) is 2.59. The average Bonchev–Trinajstić information content (AvgIpc) is 3.37. The van der Waals surface area contributed by atoms with E-state index in [-0.39, 0.29) is 5.91 Å². The maximum atomic E-state index is 12.5. The first kappa shape index (κ1) is 17.5. The molecule has 0 saturated carbocycles. The molecule has 1 N–H and O–H groups in total. The molecule has 7 nitrogen and oxygen atoms in total. The van der Waals surface area contributed by atoms with Crippen molar-refractivity contribution in [2.75, 3.05) is 6.54 Å². The van der Waals surface area contributed by atoms with E-state index in [9.17, 15) is 9.90 Å². The van der Waals surface area contributed by atoms with Gasteiger partial charge < -0.3 is 10.0 Å². The Morgan fingerprint density at radius 3 is 2.81 bits per heavy atom. The number of aromatic nitrogens is 4. The predicted molar refractivity (Wildman–Crippen MR) is 99.6 cm³/mol. The highest BCUT2D eigenvalue weighted by Gasteiger charge is 2.24. The van der Waals surface area contributed by atoms with Crippen LogP contribution in [0.15, 0.2) is 54.9 Å². The zero-order chi connectivity index (χ0) is 18.6. The van der Waals surface area contributed by atoms with Crippen LogP contribution in [0.4, 0.5) is 0 Å². The molecule has 0 radical (unpaired) electrons. The van der Waals surface area contributed by atoms with Crippen molar-refractivity contribution in [3.05, 3.63) is 71.8 Å². The Hall–Kier alpha value is -2.93. The minimum Gasteiger partial charge on any atom is -0.382 e. The molecule has 1 atom stereocenters. The van der Waals surface area contributed by atoms with Crippen LogP contribution < -0.4 is 0 Å². The molecule has 3 heterocycles. The zero-order valence-corrected chi connectivity index (χ0v) is 15.1. The second-order valence-electron chi connectivity index (χ2n) is 6.78. The lowest BCUT2D eigenvalue weighted by molar-refractivity contribution is -0.132. The largest absolute Gasteiger partial charge is 0.382 e. The van der Waals surface area contributed by atoms with Gasteiger partial charge in [-0.05, 0) is 24.1 Å². The van der Waals surface area contributed by atoms with Crippen molar-refractivity contribution in [1.82, 2.24) is 24.5 Å². The number of aliphatic hydroxyl groups excluding tert-OH is 1. The molecular formula is C20H23N5O2. The number of fused-ring (bicyclic) bond motifs is 1. The van der Waals surface area contributed by atoms with Gasteiger partial charge in [-0.15, -0.1) is 0 Å². The Bertz CT molecular complexity index is 889. The van der Waals surface area contributed by atoms with Crippen LogP contribution in [0, 0.1) is 0 Å². The van der Waals surface area contributed by atoms with Crippen LogP contribution in [0.1, 0.15) is 35.9 Å². The standard InChI is InChI=1S/C20H23N5O2/c26-19(8-4-10-24-11-5-9-21-24)23-12-13-25-17(15-23)14-18(22-25)20(27)16-6-2-1-3-7-16/h1-3,5-7,9,11,14,20,27H,4,8,10,12-13,15H2/t20-/m1/s1. The first-order chi connectivity index (χ1) is 13.2. The first-order valence-corrected chi connectivity index (χ1v) is 9.25. The number of benzene rings is 1. The van der Waals surface area contributed by atoms with Gasteiger partial charge in [-0.2, -0.15) is 10.2 Å². The normalized spacial score (nSPS) is 14.8. The number of nitrogens with zero attached hydrogens (tertiary/aromatic N) is 5. The number of rotatable bonds is 6. The summed E-state index contributed by atoms with van der Waals surface area (Å²) in [5.41, 5.74) is 2.41. The topological polar surface area (TPSA) is 76.2 Å². The number of carbonyl (C=O) groups is 1. The summed E-state index contributed by atoms with van der Waals surface area (Å²) in [4.78, 5) is 14.4. The van der Waals surface area contributed by atoms with Crippen LogP contribution in [-0.2, 0) is 24.4 Å². The van der Waals surface area contributed by atoms with E-state index in [1.165, 1.54) is 0 Å². The van der Waals surface area contributed by atoms with E-state index in [0.717, 1.165) is 24.2 Å². The lowest BCUT2D eigenvalue weighted by Gasteiger charge is -2.27. The molecule has 1 aliphatic heterocycles. The van der Waals surface area contributed by atoms with E-state index < -0.39 is 6.10 Å². The van der Waals surface area contributed by atoms with Crippen LogP contribution in [0.3, 0.4) is 0 Å². The van der Waals surface area contributed by atoms with Gasteiger partial charge in [0, 0.05) is 31.9 Å². The highest BCUT2D eigenvalue weighted by Crippen LogP contribution is 2.23. The monoisotopic (exact) mass is 365 g/mol. The van der Waals surface area contributed by atoms with E-state index in [0.29, 0.717) is 31.7 Å². The van der Waals surface area contributed by atoms with Gasteiger partial charge >= 0.3 is 0 Å². The SMILES string of the molecule is O=C(CCCn1cccn1)N1CCn2nc([C@H](O)c3ccccc3)cc2C1. The molecule has 0 bridgehead atoms. The molecule has 1 aliphatic rings. The number of aliphatic hydroxyl groups is 1. The second-order valence-corrected chi connectivity index (χ2v) is 6.78. The fourth-order valence-electron chi connectivity index (χ4n) is 3.42. The lowest BCUT2D eigenvalue weighted by atomic mass is 10.1. The third-order valence-electron chi connectivity index (χ3n) is 4.90. The van der Waals surface area contributed by atoms with Crippen molar-refractivity contribution in [3.63, 3.8) is 0 Å². The Morgan fingerprint density at radius 1 is 1.19 bits per heavy atom. The van der Waals surface area contributed by atoms with Crippen LogP contribution in [0.2, 0.25) is 0 Å². The summed E-state index contributed by atoms with van der Waals surface area (Å²) in [6, 6.07) is 13.3. The summed E-state index contributed by atoms with van der Waals surface area (Å²) in [5.74, 6) is 0.153. The van der Waals surface area contributed by atoms with Crippen LogP contribution in [-0.4, -0.2) is 42.0 Å². The third-order valence-corrected chi connectivity index (χ3v) is 4.90. The van der Waals surface area contributed by atoms with Gasteiger partial charge in [-0.3, -0.25) is 14.2 Å². The molecule has 1 amide bonds. The molecule has 7 heteroatoms. The van der Waals surface area contributed by atoms with E-state index in [1.807, 2.05) is 62.9 Å². The molecule has 0 spiro atoms. The van der Waals surface area contributed by atoms with Gasteiger partial charge in [0.15, 0.2) is 0 Å². The minimum atomic E-state index is -0.748. The summed E-state index contributed by atoms with van der Waals surface area (Å²) in [7, 11) is 0. The van der Waals surface area contributed by atoms with Gasteiger partial charge in [-0.1, -0.05) is 30.3 Å². The molecule has 0 saturated heterocycles. The van der Waals surface area contributed by atoms with Crippen molar-refractivity contribution in [3.8, 4) is 0 Å². The number of hydrogen-bond donors (Lipinski definition) is 1. The van der Waals surface area contributed by atoms with E-state index in [4.69, 9.17) is 0 Å². The molecule has 0 fully saturated rings. The van der Waals surface area contributed by atoms with Gasteiger partial charge in [-0.25, -0.2) is 0 Å². The fourth-order valence-corrected chi connectivity index (χ4v) is 3.42. The van der Waals surface area contributed by atoms with Crippen molar-refractivity contribution in [2.45, 2.75) is 38.6 Å². The molecule has 140 valence electrons. The number of aryl methyl sites for hydroxylation is 1. The zero-order valence-electron chi connectivity index (χ0n) is 15.1. The van der Waals surface area contributed by atoms with Gasteiger partial charge in [0.05, 0.1) is 24.5 Å². The summed E-state index contributed by atoms with van der Waals surface area (Å²) >= 11 is 0. The second kappa shape index (κ2) is 7.75. The summed E-state index contributed by atoms with van der Waals surface area (Å²) in [5, 5.41) is 19.2. The van der Waals surface area contributed by atoms with Crippen LogP contribution in [0.5, 0.6) is 0 Å². The van der Waals surface area contributed by atoms with Crippen molar-refractivity contribution < 1.29 is 9.90 Å². The van der Waals surface area contributed by atoms with Crippen molar-refractivity contribution in [1.29, 1.82) is 0 Å². The van der Waals surface area contributed by atoms with Crippen LogP contribution >= 0.6 is 0 Å². The van der Waals surface area contributed by atoms with Crippen molar-refractivity contribution >= 4 is 5.91 Å². The molecule has 0 aliphatic carbocycles. The lowest BCUT2D eigenvalue weighted by Crippen LogP contribution is -2.38. The van der Waals surface area contributed by atoms with Gasteiger partial charge in [0.2, 0.25) is 5.91 Å². The Morgan fingerprint density at radius 2 is 2.04 bits per heavy atom. The Labute approximate surface area is 157 Å². The molecule has 4 rings (SSSR count). The predicted octanol–water partition coefficient (Wildman–Crippen LogP) is 1.98. The third kappa shape index (κ3) is 3.93. The maximum Gasteiger partial charge on any atom is 0.223 e. The molecular weight excluding hydrogens is 342 g/mol. The molecule has 3 aromatic rings. The number of hydrogen-bond acceptors (Lipinski definition) is 4. The van der Waals surface area contributed by atoms with Gasteiger partial charge in [0.25, 0.3) is 0 Å². The quantitative estimate of drug-likeness (QED) is 0.725. The van der Waals surface area contributed by atoms with E-state index >= 15 is 0 Å². The Kier molecular flexibility index (Phi) is 5.02. The van der Waals surface area contributed by atoms with Crippen molar-refractivity contribution in [2.24, 2.45) is 0 Å². The molecule has 2 aromatic heterocycles. The molecule has 1 aromatic carbocycles. The summed E-state index contributed by atoms with van der Waals surface area (Å²) < 4.78 is 3.74. The molecule has 0 unspecified atom stereocenters. The number of carbonyl (C=O) groups excluding carboxylic acids is 1. The first-order valence-electron chi connectivity index (χ1n) is 9.25. The maximum absolute atomic E-state index is 12.5. The van der Waals surface area contributed by atoms with Gasteiger partial charge in [0.1, 0.15) is 6.10 Å². The Balaban J connectivity index is 1.36. The van der Waals surface area contributed by atoms with Crippen LogP contribution in [0.25, 0.3) is 0 Å². The average molecular weight is 365 g/mol. The highest BCUT2D eigenvalue weighted by molar-refractivity contribution is 5.76. The van der Waals surface area contributed by atoms with E-state index in [1.54, 1.807) is 6.20 Å². The highest BCUT2D eigenvalue weighted by atomic mass is 16.3. The molecule has 27 heavy (non-hydrogen) atoms. The fraction of sp³-hybridized carbons (Fsp3) is 0.350. The van der Waals surface area contributed by atoms with E-state index in [2.05, 4.69) is 10.2 Å².